The molecule has 0 spiro atoms. The van der Waals surface area contributed by atoms with Crippen LogP contribution in [0.4, 0.5) is 0 Å². The van der Waals surface area contributed by atoms with Crippen LogP contribution in [0.25, 0.3) is 0 Å². The molecule has 2 atom stereocenters. The minimum absolute atomic E-state index is 0. The van der Waals surface area contributed by atoms with E-state index < -0.39 is 6.10 Å². The Bertz CT molecular complexity index is 186. The van der Waals surface area contributed by atoms with Crippen molar-refractivity contribution < 1.29 is 5.11 Å². The first-order valence-electron chi connectivity index (χ1n) is 4.48. The normalized spacial score (nSPS) is 33.9. The molecule has 1 heterocycles. The molecule has 4 N–H and O–H groups in total. The first-order chi connectivity index (χ1) is 5.25. The minimum Gasteiger partial charge on any atom is -0.390 e. The fourth-order valence-corrected chi connectivity index (χ4v) is 2.23. The summed E-state index contributed by atoms with van der Waals surface area (Å²) in [4.78, 5) is 0. The average molecular weight is 245 g/mol. The third-order valence-corrected chi connectivity index (χ3v) is 2.55. The highest BCUT2D eigenvalue weighted by Gasteiger charge is 2.43. The van der Waals surface area contributed by atoms with Gasteiger partial charge in [0.05, 0.1) is 6.10 Å². The van der Waals surface area contributed by atoms with Crippen molar-refractivity contribution in [3.8, 4) is 0 Å². The summed E-state index contributed by atoms with van der Waals surface area (Å²) in [6, 6.07) is -0.115. The van der Waals surface area contributed by atoms with Crippen LogP contribution in [0.1, 0.15) is 34.1 Å². The second-order valence-corrected chi connectivity index (χ2v) is 5.04. The molecule has 88 valence electrons. The van der Waals surface area contributed by atoms with Gasteiger partial charge in [-0.25, -0.2) is 0 Å². The Morgan fingerprint density at radius 2 is 1.64 bits per heavy atom. The number of hydrogen-bond donors (Lipinski definition) is 3. The van der Waals surface area contributed by atoms with E-state index in [2.05, 4.69) is 19.2 Å². The van der Waals surface area contributed by atoms with E-state index in [1.165, 1.54) is 0 Å². The van der Waals surface area contributed by atoms with Crippen molar-refractivity contribution in [3.05, 3.63) is 0 Å². The van der Waals surface area contributed by atoms with Gasteiger partial charge in [-0.05, 0) is 34.1 Å². The maximum atomic E-state index is 9.75. The lowest BCUT2D eigenvalue weighted by molar-refractivity contribution is -0.00216. The molecule has 1 fully saturated rings. The van der Waals surface area contributed by atoms with Crippen LogP contribution in [0.3, 0.4) is 0 Å². The molecule has 5 heteroatoms. The van der Waals surface area contributed by atoms with Gasteiger partial charge in [-0.15, -0.1) is 24.8 Å². The van der Waals surface area contributed by atoms with E-state index in [1.807, 2.05) is 13.8 Å². The summed E-state index contributed by atoms with van der Waals surface area (Å²) in [5.41, 5.74) is 5.59. The number of halogens is 2. The molecule has 0 unspecified atom stereocenters. The van der Waals surface area contributed by atoms with Crippen LogP contribution in [0.15, 0.2) is 0 Å². The summed E-state index contributed by atoms with van der Waals surface area (Å²) in [5.74, 6) is 0. The zero-order valence-electron chi connectivity index (χ0n) is 9.20. The van der Waals surface area contributed by atoms with Gasteiger partial charge in [0.15, 0.2) is 0 Å². The van der Waals surface area contributed by atoms with Gasteiger partial charge in [0.1, 0.15) is 0 Å². The lowest BCUT2D eigenvalue weighted by Crippen LogP contribution is -2.69. The standard InChI is InChI=1S/C9H20N2O.2ClH/c1-8(2)5-6(10)7(12)9(3,4)11-8;;/h6-7,11-12H,5,10H2,1-4H3;2*1H/t6-,7-;;/m1../s1. The SMILES string of the molecule is CC1(C)C[C@@H](N)[C@@H](O)C(C)(C)N1.Cl.Cl. The monoisotopic (exact) mass is 244 g/mol. The van der Waals surface area contributed by atoms with Crippen molar-refractivity contribution in [1.82, 2.24) is 5.32 Å². The highest BCUT2D eigenvalue weighted by Crippen LogP contribution is 2.27. The number of hydrogen-bond acceptors (Lipinski definition) is 3. The van der Waals surface area contributed by atoms with E-state index in [9.17, 15) is 5.11 Å². The maximum Gasteiger partial charge on any atom is 0.0867 e. The van der Waals surface area contributed by atoms with Crippen LogP contribution >= 0.6 is 24.8 Å². The van der Waals surface area contributed by atoms with E-state index in [-0.39, 0.29) is 41.9 Å². The van der Waals surface area contributed by atoms with Crippen molar-refractivity contribution in [2.75, 3.05) is 0 Å². The van der Waals surface area contributed by atoms with Gasteiger partial charge in [0.2, 0.25) is 0 Å². The summed E-state index contributed by atoms with van der Waals surface area (Å²) < 4.78 is 0. The third-order valence-electron chi connectivity index (χ3n) is 2.55. The van der Waals surface area contributed by atoms with Gasteiger partial charge in [-0.3, -0.25) is 0 Å². The van der Waals surface area contributed by atoms with E-state index in [4.69, 9.17) is 5.73 Å². The molecule has 14 heavy (non-hydrogen) atoms. The lowest BCUT2D eigenvalue weighted by atomic mass is 9.78. The average Bonchev–Trinajstić information content (AvgIpc) is 1.79. The molecule has 0 aromatic rings. The summed E-state index contributed by atoms with van der Waals surface area (Å²) in [5, 5.41) is 13.1. The van der Waals surface area contributed by atoms with Gasteiger partial charge >= 0.3 is 0 Å². The third kappa shape index (κ3) is 3.55. The summed E-state index contributed by atoms with van der Waals surface area (Å²) >= 11 is 0. The van der Waals surface area contributed by atoms with Crippen molar-refractivity contribution in [3.63, 3.8) is 0 Å². The lowest BCUT2D eigenvalue weighted by Gasteiger charge is -2.48. The fraction of sp³-hybridized carbons (Fsp3) is 1.00. The largest absolute Gasteiger partial charge is 0.390 e. The summed E-state index contributed by atoms with van der Waals surface area (Å²) in [7, 11) is 0. The number of aliphatic hydroxyl groups excluding tert-OH is 1. The Balaban J connectivity index is 0. The van der Waals surface area contributed by atoms with Gasteiger partial charge in [0, 0.05) is 17.1 Å². The van der Waals surface area contributed by atoms with Crippen LogP contribution in [0.2, 0.25) is 0 Å². The second kappa shape index (κ2) is 4.99. The van der Waals surface area contributed by atoms with E-state index in [0.29, 0.717) is 0 Å². The highest BCUT2D eigenvalue weighted by molar-refractivity contribution is 5.85. The van der Waals surface area contributed by atoms with Crippen molar-refractivity contribution in [2.24, 2.45) is 5.73 Å². The highest BCUT2D eigenvalue weighted by atomic mass is 35.5. The molecule has 0 amide bonds. The number of piperidine rings is 1. The van der Waals surface area contributed by atoms with Gasteiger partial charge < -0.3 is 16.2 Å². The Hall–Kier alpha value is 0.460. The van der Waals surface area contributed by atoms with E-state index in [0.717, 1.165) is 6.42 Å². The number of rotatable bonds is 0. The Morgan fingerprint density at radius 1 is 1.21 bits per heavy atom. The molecule has 0 aromatic heterocycles. The number of nitrogens with two attached hydrogens (primary N) is 1. The molecule has 0 radical (unpaired) electrons. The van der Waals surface area contributed by atoms with Crippen molar-refractivity contribution >= 4 is 24.8 Å². The number of nitrogens with one attached hydrogen (secondary N) is 1. The molecule has 1 saturated heterocycles. The Morgan fingerprint density at radius 3 is 2.00 bits per heavy atom. The van der Waals surface area contributed by atoms with Crippen LogP contribution < -0.4 is 11.1 Å². The fourth-order valence-electron chi connectivity index (χ4n) is 2.23. The molecule has 1 aliphatic rings. The molecular formula is C9H22Cl2N2O. The molecule has 1 rings (SSSR count). The van der Waals surface area contributed by atoms with E-state index in [1.54, 1.807) is 0 Å². The predicted octanol–water partition coefficient (Wildman–Crippen LogP) is 1.07. The molecule has 1 aliphatic heterocycles. The van der Waals surface area contributed by atoms with Crippen LogP contribution in [-0.2, 0) is 0 Å². The molecule has 0 aliphatic carbocycles. The topological polar surface area (TPSA) is 58.3 Å². The smallest absolute Gasteiger partial charge is 0.0867 e. The van der Waals surface area contributed by atoms with Crippen LogP contribution in [0.5, 0.6) is 0 Å². The zero-order chi connectivity index (χ0) is 9.57. The van der Waals surface area contributed by atoms with Gasteiger partial charge in [-0.2, -0.15) is 0 Å². The number of aliphatic hydroxyl groups is 1. The Kier molecular flexibility index (Phi) is 6.02. The zero-order valence-corrected chi connectivity index (χ0v) is 10.8. The quantitative estimate of drug-likeness (QED) is 0.598. The van der Waals surface area contributed by atoms with Crippen molar-refractivity contribution in [2.45, 2.75) is 57.3 Å². The van der Waals surface area contributed by atoms with Crippen LogP contribution in [-0.4, -0.2) is 28.3 Å². The Labute approximate surface area is 98.6 Å². The van der Waals surface area contributed by atoms with Crippen LogP contribution in [0, 0.1) is 0 Å². The molecule has 0 bridgehead atoms. The van der Waals surface area contributed by atoms with Gasteiger partial charge in [0.25, 0.3) is 0 Å². The van der Waals surface area contributed by atoms with Crippen molar-refractivity contribution in [1.29, 1.82) is 0 Å². The first-order valence-corrected chi connectivity index (χ1v) is 4.48. The predicted molar refractivity (Wildman–Crippen MR) is 64.4 cm³/mol. The minimum atomic E-state index is -0.453. The molecular weight excluding hydrogens is 223 g/mol. The summed E-state index contributed by atoms with van der Waals surface area (Å²) in [6.45, 7) is 8.19. The molecule has 0 aromatic carbocycles. The molecule has 3 nitrogen and oxygen atoms in total. The molecule has 0 saturated carbocycles. The van der Waals surface area contributed by atoms with E-state index >= 15 is 0 Å². The summed E-state index contributed by atoms with van der Waals surface area (Å²) in [6.07, 6.45) is 0.364. The second-order valence-electron chi connectivity index (χ2n) is 5.04. The maximum absolute atomic E-state index is 9.75. The van der Waals surface area contributed by atoms with Gasteiger partial charge in [-0.1, -0.05) is 0 Å². The first kappa shape index (κ1) is 16.9.